The average Bonchev–Trinajstić information content (AvgIpc) is 3.20. The SMILES string of the molecule is CC(C)c1cc(Nc2nc3cc(Oc4ccnc(CC(=O)CN5CCCCC5)c4)ccc3n2C)ccc1F. The lowest BCUT2D eigenvalue weighted by molar-refractivity contribution is -0.119. The average molecular weight is 516 g/mol. The number of ketones is 1. The smallest absolute Gasteiger partial charge is 0.208 e. The number of aryl methyl sites for hydroxylation is 1. The topological polar surface area (TPSA) is 72.3 Å². The lowest BCUT2D eigenvalue weighted by Gasteiger charge is -2.25. The van der Waals surface area contributed by atoms with Crippen LogP contribution in [-0.4, -0.2) is 44.9 Å². The summed E-state index contributed by atoms with van der Waals surface area (Å²) in [5.74, 6) is 1.97. The van der Waals surface area contributed by atoms with Gasteiger partial charge in [-0.15, -0.1) is 0 Å². The number of hydrogen-bond donors (Lipinski definition) is 1. The number of Topliss-reactive ketones (excluding diaryl/α,β-unsaturated/α-hetero) is 1. The number of carbonyl (C=O) groups is 1. The highest BCUT2D eigenvalue weighted by Crippen LogP contribution is 2.29. The highest BCUT2D eigenvalue weighted by atomic mass is 19.1. The van der Waals surface area contributed by atoms with Gasteiger partial charge >= 0.3 is 0 Å². The van der Waals surface area contributed by atoms with E-state index < -0.39 is 0 Å². The molecule has 2 aromatic heterocycles. The second-order valence-electron chi connectivity index (χ2n) is 10.3. The van der Waals surface area contributed by atoms with Crippen molar-refractivity contribution in [1.29, 1.82) is 0 Å². The molecule has 3 heterocycles. The summed E-state index contributed by atoms with van der Waals surface area (Å²) in [5.41, 5.74) is 3.85. The number of carbonyl (C=O) groups excluding carboxylic acids is 1. The second-order valence-corrected chi connectivity index (χ2v) is 10.3. The fraction of sp³-hybridized carbons (Fsp3) is 0.367. The van der Waals surface area contributed by atoms with Crippen molar-refractivity contribution in [2.75, 3.05) is 25.0 Å². The number of nitrogens with zero attached hydrogens (tertiary/aromatic N) is 4. The largest absolute Gasteiger partial charge is 0.457 e. The van der Waals surface area contributed by atoms with Crippen LogP contribution in [0.2, 0.25) is 0 Å². The monoisotopic (exact) mass is 515 g/mol. The number of halogens is 1. The van der Waals surface area contributed by atoms with Crippen LogP contribution in [0.15, 0.2) is 54.7 Å². The van der Waals surface area contributed by atoms with Crippen molar-refractivity contribution in [1.82, 2.24) is 19.4 Å². The van der Waals surface area contributed by atoms with Gasteiger partial charge in [-0.05, 0) is 73.8 Å². The van der Waals surface area contributed by atoms with E-state index in [-0.39, 0.29) is 17.5 Å². The molecule has 1 fully saturated rings. The van der Waals surface area contributed by atoms with Crippen LogP contribution in [0, 0.1) is 5.82 Å². The van der Waals surface area contributed by atoms with Crippen molar-refractivity contribution in [3.05, 3.63) is 71.8 Å². The summed E-state index contributed by atoms with van der Waals surface area (Å²) in [5, 5.41) is 3.31. The molecule has 1 N–H and O–H groups in total. The van der Waals surface area contributed by atoms with Crippen molar-refractivity contribution in [2.24, 2.45) is 7.05 Å². The molecule has 1 aliphatic heterocycles. The first-order chi connectivity index (χ1) is 18.4. The van der Waals surface area contributed by atoms with E-state index in [9.17, 15) is 9.18 Å². The summed E-state index contributed by atoms with van der Waals surface area (Å²) in [7, 11) is 1.93. The van der Waals surface area contributed by atoms with Gasteiger partial charge in [-0.3, -0.25) is 14.7 Å². The molecule has 0 spiro atoms. The molecule has 0 amide bonds. The molecule has 7 nitrogen and oxygen atoms in total. The second kappa shape index (κ2) is 11.3. The molecule has 2 aromatic carbocycles. The zero-order chi connectivity index (χ0) is 26.6. The highest BCUT2D eigenvalue weighted by molar-refractivity contribution is 5.83. The predicted octanol–water partition coefficient (Wildman–Crippen LogP) is 6.36. The molecule has 0 saturated carbocycles. The Labute approximate surface area is 222 Å². The Hall–Kier alpha value is -3.78. The minimum absolute atomic E-state index is 0.0818. The molecule has 0 bridgehead atoms. The third-order valence-corrected chi connectivity index (χ3v) is 6.98. The number of pyridine rings is 1. The van der Waals surface area contributed by atoms with E-state index in [2.05, 4.69) is 15.2 Å². The van der Waals surface area contributed by atoms with Crippen LogP contribution in [0.4, 0.5) is 16.0 Å². The number of piperidine rings is 1. The maximum absolute atomic E-state index is 14.1. The normalized spacial score (nSPS) is 14.2. The van der Waals surface area contributed by atoms with Crippen LogP contribution in [0.25, 0.3) is 11.0 Å². The maximum atomic E-state index is 14.1. The number of anilines is 2. The minimum atomic E-state index is -0.206. The van der Waals surface area contributed by atoms with Gasteiger partial charge in [0.05, 0.1) is 29.7 Å². The Bertz CT molecular complexity index is 1440. The Balaban J connectivity index is 1.28. The first kappa shape index (κ1) is 25.9. The number of imidazole rings is 1. The Morgan fingerprint density at radius 1 is 1.05 bits per heavy atom. The number of likely N-dealkylation sites (tertiary alicyclic amines) is 1. The van der Waals surface area contributed by atoms with Gasteiger partial charge in [0.2, 0.25) is 5.95 Å². The molecular formula is C30H34FN5O2. The van der Waals surface area contributed by atoms with Gasteiger partial charge in [0.25, 0.3) is 0 Å². The number of rotatable bonds is 9. The van der Waals surface area contributed by atoms with Crippen LogP contribution >= 0.6 is 0 Å². The molecule has 1 aliphatic rings. The zero-order valence-corrected chi connectivity index (χ0v) is 22.2. The van der Waals surface area contributed by atoms with Crippen LogP contribution in [0.3, 0.4) is 0 Å². The molecule has 0 radical (unpaired) electrons. The van der Waals surface area contributed by atoms with E-state index in [1.54, 1.807) is 18.3 Å². The van der Waals surface area contributed by atoms with Gasteiger partial charge in [-0.25, -0.2) is 9.37 Å². The molecular weight excluding hydrogens is 481 g/mol. The summed E-state index contributed by atoms with van der Waals surface area (Å²) in [4.78, 5) is 23.9. The van der Waals surface area contributed by atoms with Gasteiger partial charge < -0.3 is 14.6 Å². The summed E-state index contributed by atoms with van der Waals surface area (Å²) in [6, 6.07) is 14.4. The van der Waals surface area contributed by atoms with Crippen LogP contribution in [-0.2, 0) is 18.3 Å². The maximum Gasteiger partial charge on any atom is 0.208 e. The van der Waals surface area contributed by atoms with Crippen molar-refractivity contribution in [2.45, 2.75) is 45.4 Å². The van der Waals surface area contributed by atoms with Gasteiger partial charge in [0.1, 0.15) is 17.3 Å². The van der Waals surface area contributed by atoms with Gasteiger partial charge in [-0.1, -0.05) is 20.3 Å². The fourth-order valence-corrected chi connectivity index (χ4v) is 4.93. The lowest BCUT2D eigenvalue weighted by atomic mass is 10.0. The van der Waals surface area contributed by atoms with Crippen LogP contribution in [0.1, 0.15) is 50.3 Å². The first-order valence-corrected chi connectivity index (χ1v) is 13.3. The van der Waals surface area contributed by atoms with Crippen molar-refractivity contribution < 1.29 is 13.9 Å². The third-order valence-electron chi connectivity index (χ3n) is 6.98. The van der Waals surface area contributed by atoms with Gasteiger partial charge in [0.15, 0.2) is 5.78 Å². The highest BCUT2D eigenvalue weighted by Gasteiger charge is 2.16. The number of ether oxygens (including phenoxy) is 1. The van der Waals surface area contributed by atoms with E-state index in [0.717, 1.165) is 29.8 Å². The summed E-state index contributed by atoms with van der Waals surface area (Å²) >= 11 is 0. The zero-order valence-electron chi connectivity index (χ0n) is 22.2. The van der Waals surface area contributed by atoms with Crippen molar-refractivity contribution in [3.63, 3.8) is 0 Å². The Kier molecular flexibility index (Phi) is 7.69. The van der Waals surface area contributed by atoms with E-state index >= 15 is 0 Å². The summed E-state index contributed by atoms with van der Waals surface area (Å²) in [6.07, 6.45) is 5.55. The van der Waals surface area contributed by atoms with E-state index in [4.69, 9.17) is 9.72 Å². The number of nitrogens with one attached hydrogen (secondary N) is 1. The number of hydrogen-bond acceptors (Lipinski definition) is 6. The molecule has 38 heavy (non-hydrogen) atoms. The van der Waals surface area contributed by atoms with Gasteiger partial charge in [0, 0.05) is 31.1 Å². The van der Waals surface area contributed by atoms with E-state index in [1.807, 2.05) is 55.8 Å². The third kappa shape index (κ3) is 6.02. The standard InChI is InChI=1S/C30H34FN5O2/c1-20(2)26-17-21(7-9-27(26)31)33-30-34-28-18-24(8-10-29(28)35(30)3)38-25-11-12-32-22(16-25)15-23(37)19-36-13-5-4-6-14-36/h7-12,16-18,20H,4-6,13-15,19H2,1-3H3,(H,33,34). The number of fused-ring (bicyclic) bond motifs is 1. The number of benzene rings is 2. The predicted molar refractivity (Wildman–Crippen MR) is 148 cm³/mol. The molecule has 198 valence electrons. The minimum Gasteiger partial charge on any atom is -0.457 e. The van der Waals surface area contributed by atoms with E-state index in [0.29, 0.717) is 41.7 Å². The van der Waals surface area contributed by atoms with Crippen molar-refractivity contribution in [3.8, 4) is 11.5 Å². The quantitative estimate of drug-likeness (QED) is 0.280. The molecule has 0 atom stereocenters. The van der Waals surface area contributed by atoms with Gasteiger partial charge in [-0.2, -0.15) is 0 Å². The van der Waals surface area contributed by atoms with Crippen LogP contribution in [0.5, 0.6) is 11.5 Å². The molecule has 8 heteroatoms. The van der Waals surface area contributed by atoms with Crippen molar-refractivity contribution >= 4 is 28.5 Å². The Morgan fingerprint density at radius 3 is 2.63 bits per heavy atom. The molecule has 1 saturated heterocycles. The first-order valence-electron chi connectivity index (χ1n) is 13.3. The molecule has 5 rings (SSSR count). The molecule has 0 aliphatic carbocycles. The lowest BCUT2D eigenvalue weighted by Crippen LogP contribution is -2.35. The molecule has 0 unspecified atom stereocenters. The number of aromatic nitrogens is 3. The summed E-state index contributed by atoms with van der Waals surface area (Å²) < 4.78 is 22.2. The molecule has 4 aromatic rings. The van der Waals surface area contributed by atoms with Crippen LogP contribution < -0.4 is 10.1 Å². The Morgan fingerprint density at radius 2 is 1.84 bits per heavy atom. The summed E-state index contributed by atoms with van der Waals surface area (Å²) in [6.45, 7) is 6.42. The van der Waals surface area contributed by atoms with E-state index in [1.165, 1.54) is 25.3 Å². The fourth-order valence-electron chi connectivity index (χ4n) is 4.93.